The number of hydrogen-bond acceptors (Lipinski definition) is 2. The molecule has 2 rings (SSSR count). The molecule has 1 aromatic carbocycles. The fourth-order valence-corrected chi connectivity index (χ4v) is 1.79. The number of halogens is 1. The van der Waals surface area contributed by atoms with Crippen LogP contribution in [0.1, 0.15) is 29.8 Å². The van der Waals surface area contributed by atoms with Crippen molar-refractivity contribution in [1.29, 1.82) is 0 Å². The number of benzene rings is 1. The lowest BCUT2D eigenvalue weighted by Gasteiger charge is -2.29. The van der Waals surface area contributed by atoms with Crippen LogP contribution in [-0.2, 0) is 0 Å². The van der Waals surface area contributed by atoms with Crippen molar-refractivity contribution >= 4 is 0 Å². The fourth-order valence-electron chi connectivity index (χ4n) is 1.79. The van der Waals surface area contributed by atoms with Crippen LogP contribution in [0.5, 0.6) is 0 Å². The minimum Gasteiger partial charge on any atom is -0.387 e. The van der Waals surface area contributed by atoms with Crippen LogP contribution in [0.4, 0.5) is 4.39 Å². The standard InChI is InChI=1S/C10H12FNO/c11-8-5-9(12)10(13)7-4-2-1-3-6(7)8/h1-4,8-10,13H,5,12H2. The van der Waals surface area contributed by atoms with Crippen LogP contribution in [0, 0.1) is 0 Å². The maximum Gasteiger partial charge on any atom is 0.127 e. The number of fused-ring (bicyclic) bond motifs is 1. The van der Waals surface area contributed by atoms with Crippen LogP contribution >= 0.6 is 0 Å². The Hall–Kier alpha value is -0.930. The van der Waals surface area contributed by atoms with E-state index in [-0.39, 0.29) is 6.42 Å². The molecule has 1 aliphatic rings. The van der Waals surface area contributed by atoms with Crippen LogP contribution in [0.2, 0.25) is 0 Å². The summed E-state index contributed by atoms with van der Waals surface area (Å²) in [5, 5.41) is 9.66. The van der Waals surface area contributed by atoms with Gasteiger partial charge in [0.2, 0.25) is 0 Å². The molecular formula is C10H12FNO. The van der Waals surface area contributed by atoms with Gasteiger partial charge in [-0.1, -0.05) is 24.3 Å². The summed E-state index contributed by atoms with van der Waals surface area (Å²) in [4.78, 5) is 0. The predicted molar refractivity (Wildman–Crippen MR) is 47.8 cm³/mol. The Morgan fingerprint density at radius 1 is 1.31 bits per heavy atom. The van der Waals surface area contributed by atoms with E-state index in [1.165, 1.54) is 0 Å². The van der Waals surface area contributed by atoms with E-state index in [9.17, 15) is 9.50 Å². The Morgan fingerprint density at radius 2 is 1.92 bits per heavy atom. The highest BCUT2D eigenvalue weighted by atomic mass is 19.1. The van der Waals surface area contributed by atoms with Gasteiger partial charge in [-0.2, -0.15) is 0 Å². The molecule has 3 atom stereocenters. The lowest BCUT2D eigenvalue weighted by atomic mass is 9.85. The third-order valence-corrected chi connectivity index (χ3v) is 2.54. The van der Waals surface area contributed by atoms with Crippen molar-refractivity contribution in [2.75, 3.05) is 0 Å². The van der Waals surface area contributed by atoms with Crippen LogP contribution in [0.25, 0.3) is 0 Å². The van der Waals surface area contributed by atoms with Gasteiger partial charge in [0.05, 0.1) is 6.10 Å². The predicted octanol–water partition coefficient (Wildman–Crippen LogP) is 1.46. The number of nitrogens with two attached hydrogens (primary N) is 1. The molecule has 0 saturated carbocycles. The van der Waals surface area contributed by atoms with Gasteiger partial charge >= 0.3 is 0 Å². The first-order chi connectivity index (χ1) is 6.20. The van der Waals surface area contributed by atoms with Crippen molar-refractivity contribution in [1.82, 2.24) is 0 Å². The van der Waals surface area contributed by atoms with E-state index in [2.05, 4.69) is 0 Å². The van der Waals surface area contributed by atoms with Crippen molar-refractivity contribution in [3.63, 3.8) is 0 Å². The maximum absolute atomic E-state index is 13.4. The first-order valence-corrected chi connectivity index (χ1v) is 4.36. The molecule has 3 heteroatoms. The number of hydrogen-bond donors (Lipinski definition) is 2. The summed E-state index contributed by atoms with van der Waals surface area (Å²) in [6.45, 7) is 0. The molecule has 0 spiro atoms. The quantitative estimate of drug-likeness (QED) is 0.636. The number of alkyl halides is 1. The molecule has 0 radical (unpaired) electrons. The molecular weight excluding hydrogens is 169 g/mol. The van der Waals surface area contributed by atoms with Crippen molar-refractivity contribution in [2.24, 2.45) is 5.73 Å². The smallest absolute Gasteiger partial charge is 0.127 e. The summed E-state index contributed by atoms with van der Waals surface area (Å²) in [7, 11) is 0. The third kappa shape index (κ3) is 1.34. The first-order valence-electron chi connectivity index (χ1n) is 4.36. The SMILES string of the molecule is NC1CC(F)c2ccccc2C1O. The lowest BCUT2D eigenvalue weighted by Crippen LogP contribution is -2.34. The Morgan fingerprint density at radius 3 is 2.62 bits per heavy atom. The molecule has 2 nitrogen and oxygen atoms in total. The van der Waals surface area contributed by atoms with Crippen LogP contribution in [-0.4, -0.2) is 11.1 Å². The van der Waals surface area contributed by atoms with E-state index in [1.807, 2.05) is 0 Å². The molecule has 0 saturated heterocycles. The van der Waals surface area contributed by atoms with Crippen LogP contribution in [0.3, 0.4) is 0 Å². The third-order valence-electron chi connectivity index (χ3n) is 2.54. The van der Waals surface area contributed by atoms with Crippen molar-refractivity contribution in [2.45, 2.75) is 24.7 Å². The van der Waals surface area contributed by atoms with Crippen molar-refractivity contribution < 1.29 is 9.50 Å². The highest BCUT2D eigenvalue weighted by Crippen LogP contribution is 2.37. The van der Waals surface area contributed by atoms with E-state index in [1.54, 1.807) is 24.3 Å². The van der Waals surface area contributed by atoms with E-state index in [0.717, 1.165) is 0 Å². The first kappa shape index (κ1) is 8.66. The van der Waals surface area contributed by atoms with Gasteiger partial charge in [0.1, 0.15) is 6.17 Å². The van der Waals surface area contributed by atoms with Gasteiger partial charge in [-0.25, -0.2) is 4.39 Å². The monoisotopic (exact) mass is 181 g/mol. The van der Waals surface area contributed by atoms with E-state index in [0.29, 0.717) is 11.1 Å². The van der Waals surface area contributed by atoms with Crippen molar-refractivity contribution in [3.8, 4) is 0 Å². The molecule has 3 N–H and O–H groups in total. The molecule has 0 bridgehead atoms. The molecule has 1 aromatic rings. The number of aliphatic hydroxyl groups excluding tert-OH is 1. The Labute approximate surface area is 76.2 Å². The molecule has 13 heavy (non-hydrogen) atoms. The Kier molecular flexibility index (Phi) is 2.06. The highest BCUT2D eigenvalue weighted by Gasteiger charge is 2.31. The van der Waals surface area contributed by atoms with Gasteiger partial charge < -0.3 is 10.8 Å². The summed E-state index contributed by atoms with van der Waals surface area (Å²) < 4.78 is 13.4. The molecule has 3 unspecified atom stereocenters. The second kappa shape index (κ2) is 3.09. The lowest BCUT2D eigenvalue weighted by molar-refractivity contribution is 0.107. The summed E-state index contributed by atoms with van der Waals surface area (Å²) in [5.74, 6) is 0. The zero-order valence-corrected chi connectivity index (χ0v) is 7.15. The molecule has 0 amide bonds. The summed E-state index contributed by atoms with van der Waals surface area (Å²) >= 11 is 0. The van der Waals surface area contributed by atoms with Gasteiger partial charge in [0, 0.05) is 12.5 Å². The Bertz CT molecular complexity index is 316. The van der Waals surface area contributed by atoms with Gasteiger partial charge in [0.25, 0.3) is 0 Å². The topological polar surface area (TPSA) is 46.2 Å². The summed E-state index contributed by atoms with van der Waals surface area (Å²) in [6, 6.07) is 6.51. The molecule has 0 aromatic heterocycles. The molecule has 70 valence electrons. The van der Waals surface area contributed by atoms with Crippen molar-refractivity contribution in [3.05, 3.63) is 35.4 Å². The molecule has 1 aliphatic carbocycles. The minimum absolute atomic E-state index is 0.207. The van der Waals surface area contributed by atoms with Crippen LogP contribution in [0.15, 0.2) is 24.3 Å². The highest BCUT2D eigenvalue weighted by molar-refractivity contribution is 5.34. The van der Waals surface area contributed by atoms with E-state index < -0.39 is 18.3 Å². The number of aliphatic hydroxyl groups is 1. The summed E-state index contributed by atoms with van der Waals surface area (Å²) in [5.41, 5.74) is 6.81. The van der Waals surface area contributed by atoms with E-state index >= 15 is 0 Å². The zero-order chi connectivity index (χ0) is 9.42. The fraction of sp³-hybridized carbons (Fsp3) is 0.400. The average molecular weight is 181 g/mol. The largest absolute Gasteiger partial charge is 0.387 e. The van der Waals surface area contributed by atoms with Gasteiger partial charge in [0.15, 0.2) is 0 Å². The second-order valence-corrected chi connectivity index (χ2v) is 3.44. The molecule has 0 heterocycles. The zero-order valence-electron chi connectivity index (χ0n) is 7.15. The normalized spacial score (nSPS) is 32.7. The van der Waals surface area contributed by atoms with Gasteiger partial charge in [-0.05, 0) is 11.1 Å². The minimum atomic E-state index is -1.03. The van der Waals surface area contributed by atoms with Gasteiger partial charge in [-0.15, -0.1) is 0 Å². The van der Waals surface area contributed by atoms with Crippen LogP contribution < -0.4 is 5.73 Å². The summed E-state index contributed by atoms with van der Waals surface area (Å²) in [6.07, 6.45) is -1.55. The number of rotatable bonds is 0. The van der Waals surface area contributed by atoms with Gasteiger partial charge in [-0.3, -0.25) is 0 Å². The second-order valence-electron chi connectivity index (χ2n) is 3.44. The maximum atomic E-state index is 13.4. The average Bonchev–Trinajstić information content (AvgIpc) is 2.15. The Balaban J connectivity index is 2.47. The van der Waals surface area contributed by atoms with E-state index in [4.69, 9.17) is 5.73 Å². The molecule has 0 fully saturated rings. The molecule has 0 aliphatic heterocycles.